The van der Waals surface area contributed by atoms with Gasteiger partial charge < -0.3 is 15.0 Å². The molecule has 0 saturated heterocycles. The van der Waals surface area contributed by atoms with E-state index in [2.05, 4.69) is 15.4 Å². The number of benzene rings is 3. The fraction of sp³-hybridized carbons (Fsp3) is 0.111. The molecule has 1 atom stereocenters. The standard InChI is InChI=1S/C27H21N5O3/c1-16(17-9-11-21(35-2)12-10-17)29-26(33)24-22(14-28)25-27(34)30-23(15-32(25)31-24)20-8-7-18-5-3-4-6-19(18)13-20/h3-13,15-16H,1-2H3,(H,29,33)(H,30,34). The van der Waals surface area contributed by atoms with E-state index in [9.17, 15) is 14.9 Å². The summed E-state index contributed by atoms with van der Waals surface area (Å²) in [6.45, 7) is 1.83. The highest BCUT2D eigenvalue weighted by Crippen LogP contribution is 2.24. The minimum Gasteiger partial charge on any atom is -0.497 e. The zero-order valence-corrected chi connectivity index (χ0v) is 19.1. The highest BCUT2D eigenvalue weighted by Gasteiger charge is 2.23. The number of rotatable bonds is 5. The van der Waals surface area contributed by atoms with Crippen LogP contribution in [0.5, 0.6) is 5.75 Å². The van der Waals surface area contributed by atoms with Gasteiger partial charge in [-0.05, 0) is 41.5 Å². The predicted molar refractivity (Wildman–Crippen MR) is 132 cm³/mol. The average Bonchev–Trinajstić information content (AvgIpc) is 3.28. The van der Waals surface area contributed by atoms with Gasteiger partial charge in [0, 0.05) is 5.56 Å². The molecule has 3 aromatic carbocycles. The van der Waals surface area contributed by atoms with Crippen LogP contribution in [0.2, 0.25) is 0 Å². The van der Waals surface area contributed by atoms with Gasteiger partial charge in [0.05, 0.1) is 25.0 Å². The molecule has 35 heavy (non-hydrogen) atoms. The van der Waals surface area contributed by atoms with Crippen molar-refractivity contribution in [1.82, 2.24) is 19.9 Å². The third kappa shape index (κ3) is 4.00. The van der Waals surface area contributed by atoms with Crippen molar-refractivity contribution in [2.45, 2.75) is 13.0 Å². The Labute approximate surface area is 200 Å². The van der Waals surface area contributed by atoms with Crippen molar-refractivity contribution in [2.75, 3.05) is 7.11 Å². The largest absolute Gasteiger partial charge is 0.497 e. The van der Waals surface area contributed by atoms with Crippen molar-refractivity contribution >= 4 is 22.2 Å². The lowest BCUT2D eigenvalue weighted by molar-refractivity contribution is 0.0934. The van der Waals surface area contributed by atoms with Crippen LogP contribution in [0.15, 0.2) is 77.7 Å². The summed E-state index contributed by atoms with van der Waals surface area (Å²) in [7, 11) is 1.58. The number of carbonyl (C=O) groups excluding carboxylic acids is 1. The summed E-state index contributed by atoms with van der Waals surface area (Å²) < 4.78 is 6.47. The third-order valence-electron chi connectivity index (χ3n) is 5.98. The average molecular weight is 463 g/mol. The maximum Gasteiger partial charge on any atom is 0.275 e. The maximum atomic E-state index is 13.0. The molecular formula is C27H21N5O3. The Morgan fingerprint density at radius 1 is 1.11 bits per heavy atom. The highest BCUT2D eigenvalue weighted by atomic mass is 16.5. The molecule has 0 aliphatic carbocycles. The van der Waals surface area contributed by atoms with E-state index in [-0.39, 0.29) is 22.8 Å². The minimum atomic E-state index is -0.541. The van der Waals surface area contributed by atoms with Gasteiger partial charge in [-0.25, -0.2) is 4.52 Å². The molecular weight excluding hydrogens is 442 g/mol. The molecule has 0 spiro atoms. The SMILES string of the molecule is COc1ccc(C(C)NC(=O)c2nn3cc(-c4ccc5ccccc5c4)[nH]c(=O)c3c2C#N)cc1. The van der Waals surface area contributed by atoms with Gasteiger partial charge in [0.1, 0.15) is 22.9 Å². The van der Waals surface area contributed by atoms with E-state index in [1.165, 1.54) is 4.52 Å². The summed E-state index contributed by atoms with van der Waals surface area (Å²) in [6, 6.07) is 22.7. The van der Waals surface area contributed by atoms with Gasteiger partial charge in [0.25, 0.3) is 11.5 Å². The predicted octanol–water partition coefficient (Wildman–Crippen LogP) is 4.21. The Morgan fingerprint density at radius 2 is 1.86 bits per heavy atom. The summed E-state index contributed by atoms with van der Waals surface area (Å²) in [5, 5.41) is 19.0. The Balaban J connectivity index is 1.51. The van der Waals surface area contributed by atoms with Crippen molar-refractivity contribution in [1.29, 1.82) is 5.26 Å². The number of nitrogens with zero attached hydrogens (tertiary/aromatic N) is 3. The van der Waals surface area contributed by atoms with Gasteiger partial charge >= 0.3 is 0 Å². The molecule has 2 N–H and O–H groups in total. The summed E-state index contributed by atoms with van der Waals surface area (Å²) in [6.07, 6.45) is 1.62. The number of hydrogen-bond acceptors (Lipinski definition) is 5. The van der Waals surface area contributed by atoms with Gasteiger partial charge in [-0.1, -0.05) is 48.5 Å². The molecule has 0 radical (unpaired) electrons. The number of carbonyl (C=O) groups is 1. The van der Waals surface area contributed by atoms with Gasteiger partial charge in [-0.15, -0.1) is 0 Å². The Bertz CT molecular complexity index is 1680. The third-order valence-corrected chi connectivity index (χ3v) is 5.98. The van der Waals surface area contributed by atoms with Crippen LogP contribution in [-0.2, 0) is 0 Å². The first kappa shape index (κ1) is 21.9. The van der Waals surface area contributed by atoms with Crippen LogP contribution >= 0.6 is 0 Å². The molecule has 0 fully saturated rings. The van der Waals surface area contributed by atoms with Gasteiger partial charge in [-0.2, -0.15) is 10.4 Å². The molecule has 2 heterocycles. The first-order valence-electron chi connectivity index (χ1n) is 11.0. The number of ether oxygens (including phenoxy) is 1. The second kappa shape index (κ2) is 8.80. The monoisotopic (exact) mass is 463 g/mol. The van der Waals surface area contributed by atoms with Gasteiger partial charge in [-0.3, -0.25) is 9.59 Å². The molecule has 5 aromatic rings. The van der Waals surface area contributed by atoms with Gasteiger partial charge in [0.15, 0.2) is 5.69 Å². The fourth-order valence-electron chi connectivity index (χ4n) is 4.09. The first-order chi connectivity index (χ1) is 17.0. The van der Waals surface area contributed by atoms with Crippen LogP contribution in [-0.4, -0.2) is 27.6 Å². The number of aromatic amines is 1. The lowest BCUT2D eigenvalue weighted by atomic mass is 10.1. The molecule has 8 heteroatoms. The fourth-order valence-corrected chi connectivity index (χ4v) is 4.09. The molecule has 5 rings (SSSR count). The molecule has 172 valence electrons. The molecule has 0 bridgehead atoms. The van der Waals surface area contributed by atoms with E-state index in [0.29, 0.717) is 11.4 Å². The van der Waals surface area contributed by atoms with Crippen molar-refractivity contribution in [3.63, 3.8) is 0 Å². The normalized spacial score (nSPS) is 11.8. The Morgan fingerprint density at radius 3 is 2.57 bits per heavy atom. The molecule has 1 unspecified atom stereocenters. The maximum absolute atomic E-state index is 13.0. The Kier molecular flexibility index (Phi) is 5.51. The number of aromatic nitrogens is 3. The smallest absolute Gasteiger partial charge is 0.275 e. The lowest BCUT2D eigenvalue weighted by Gasteiger charge is -2.14. The van der Waals surface area contributed by atoms with Crippen LogP contribution < -0.4 is 15.6 Å². The van der Waals surface area contributed by atoms with Crippen molar-refractivity contribution < 1.29 is 9.53 Å². The van der Waals surface area contributed by atoms with E-state index in [1.54, 1.807) is 25.4 Å². The topological polar surface area (TPSA) is 112 Å². The number of nitriles is 1. The number of amides is 1. The zero-order chi connectivity index (χ0) is 24.5. The van der Waals surface area contributed by atoms with Crippen molar-refractivity contribution in [3.8, 4) is 23.1 Å². The zero-order valence-electron chi connectivity index (χ0n) is 19.1. The van der Waals surface area contributed by atoms with E-state index in [0.717, 1.165) is 21.9 Å². The second-order valence-corrected chi connectivity index (χ2v) is 8.16. The quantitative estimate of drug-likeness (QED) is 0.405. The lowest BCUT2D eigenvalue weighted by Crippen LogP contribution is -2.27. The highest BCUT2D eigenvalue weighted by molar-refractivity contribution is 5.97. The molecule has 8 nitrogen and oxygen atoms in total. The van der Waals surface area contributed by atoms with Crippen LogP contribution in [0.25, 0.3) is 27.5 Å². The number of nitrogens with one attached hydrogen (secondary N) is 2. The van der Waals surface area contributed by atoms with Crippen LogP contribution in [0.1, 0.15) is 34.6 Å². The van der Waals surface area contributed by atoms with Crippen LogP contribution in [0.3, 0.4) is 0 Å². The summed E-state index contributed by atoms with van der Waals surface area (Å²) >= 11 is 0. The van der Waals surface area contributed by atoms with Crippen LogP contribution in [0.4, 0.5) is 0 Å². The van der Waals surface area contributed by atoms with Crippen molar-refractivity contribution in [2.24, 2.45) is 0 Å². The molecule has 2 aromatic heterocycles. The number of methoxy groups -OCH3 is 1. The second-order valence-electron chi connectivity index (χ2n) is 8.16. The van der Waals surface area contributed by atoms with Crippen LogP contribution in [0, 0.1) is 11.3 Å². The minimum absolute atomic E-state index is 0.0271. The molecule has 0 aliphatic rings. The molecule has 0 saturated carbocycles. The first-order valence-corrected chi connectivity index (χ1v) is 11.0. The molecule has 0 aliphatic heterocycles. The summed E-state index contributed by atoms with van der Waals surface area (Å²) in [5.41, 5.74) is 1.53. The number of H-pyrrole nitrogens is 1. The van der Waals surface area contributed by atoms with E-state index in [1.807, 2.05) is 67.6 Å². The Hall–Kier alpha value is -4.90. The van der Waals surface area contributed by atoms with E-state index >= 15 is 0 Å². The van der Waals surface area contributed by atoms with E-state index in [4.69, 9.17) is 4.74 Å². The van der Waals surface area contributed by atoms with Gasteiger partial charge in [0.2, 0.25) is 0 Å². The van der Waals surface area contributed by atoms with Crippen molar-refractivity contribution in [3.05, 3.63) is 100 Å². The van der Waals surface area contributed by atoms with E-state index < -0.39 is 11.5 Å². The molecule has 1 amide bonds. The summed E-state index contributed by atoms with van der Waals surface area (Å²) in [4.78, 5) is 28.8. The number of fused-ring (bicyclic) bond motifs is 2. The summed E-state index contributed by atoms with van der Waals surface area (Å²) in [5.74, 6) is 0.168. The number of hydrogen-bond donors (Lipinski definition) is 2.